The Kier molecular flexibility index (Phi) is 8.25. The van der Waals surface area contributed by atoms with E-state index < -0.39 is 5.60 Å². The fourth-order valence-corrected chi connectivity index (χ4v) is 4.44. The molecular formula is C23H38N2O5. The van der Waals surface area contributed by atoms with Gasteiger partial charge in [0.2, 0.25) is 6.23 Å². The fraction of sp³-hybridized carbons (Fsp3) is 0.739. The molecule has 7 nitrogen and oxygen atoms in total. The highest BCUT2D eigenvalue weighted by Gasteiger charge is 2.43. The summed E-state index contributed by atoms with van der Waals surface area (Å²) in [6.45, 7) is 13.3. The van der Waals surface area contributed by atoms with Gasteiger partial charge in [-0.3, -0.25) is 9.80 Å². The lowest BCUT2D eigenvalue weighted by atomic mass is 9.80. The summed E-state index contributed by atoms with van der Waals surface area (Å²) >= 11 is 0. The lowest BCUT2D eigenvalue weighted by Crippen LogP contribution is -2.57. The predicted molar refractivity (Wildman–Crippen MR) is 116 cm³/mol. The normalized spacial score (nSPS) is 28.2. The van der Waals surface area contributed by atoms with Crippen molar-refractivity contribution in [3.8, 4) is 0 Å². The topological polar surface area (TPSA) is 68.3 Å². The fourth-order valence-electron chi connectivity index (χ4n) is 4.44. The van der Waals surface area contributed by atoms with Gasteiger partial charge in [0.05, 0.1) is 12.1 Å². The summed E-state index contributed by atoms with van der Waals surface area (Å²) < 4.78 is 16.3. The monoisotopic (exact) mass is 422 g/mol. The number of carbonyl (C=O) groups excluding carboxylic acids is 2. The average molecular weight is 423 g/mol. The molecule has 7 heteroatoms. The number of hydrogen-bond donors (Lipinski definition) is 0. The van der Waals surface area contributed by atoms with Crippen LogP contribution in [-0.2, 0) is 19.0 Å². The lowest BCUT2D eigenvalue weighted by molar-refractivity contribution is -0.121. The Balaban J connectivity index is 2.12. The number of cyclic esters (lactones) is 1. The maximum atomic E-state index is 12.0. The molecule has 30 heavy (non-hydrogen) atoms. The summed E-state index contributed by atoms with van der Waals surface area (Å²) in [4.78, 5) is 27.2. The van der Waals surface area contributed by atoms with E-state index in [9.17, 15) is 9.59 Å². The van der Waals surface area contributed by atoms with E-state index in [1.807, 2.05) is 6.92 Å². The van der Waals surface area contributed by atoms with Crippen LogP contribution in [-0.4, -0.2) is 80.5 Å². The first-order valence-corrected chi connectivity index (χ1v) is 10.6. The van der Waals surface area contributed by atoms with E-state index >= 15 is 0 Å². The third kappa shape index (κ3) is 5.31. The maximum Gasteiger partial charge on any atom is 0.415 e. The predicted octanol–water partition coefficient (Wildman–Crippen LogP) is 3.25. The Morgan fingerprint density at radius 1 is 1.40 bits per heavy atom. The van der Waals surface area contributed by atoms with E-state index in [4.69, 9.17) is 14.2 Å². The van der Waals surface area contributed by atoms with Gasteiger partial charge in [0.15, 0.2) is 0 Å². The molecule has 0 aromatic rings. The van der Waals surface area contributed by atoms with Gasteiger partial charge in [-0.1, -0.05) is 32.1 Å². The van der Waals surface area contributed by atoms with Crippen LogP contribution in [0, 0.1) is 11.8 Å². The van der Waals surface area contributed by atoms with Crippen LogP contribution in [0.3, 0.4) is 0 Å². The van der Waals surface area contributed by atoms with Crippen molar-refractivity contribution in [1.29, 1.82) is 0 Å². The maximum absolute atomic E-state index is 12.0. The Hall–Kier alpha value is -1.70. The third-order valence-electron chi connectivity index (χ3n) is 6.78. The zero-order valence-electron chi connectivity index (χ0n) is 19.5. The lowest BCUT2D eigenvalue weighted by Gasteiger charge is -2.42. The van der Waals surface area contributed by atoms with Crippen molar-refractivity contribution in [3.63, 3.8) is 0 Å². The van der Waals surface area contributed by atoms with Crippen LogP contribution in [0.25, 0.3) is 0 Å². The highest BCUT2D eigenvalue weighted by molar-refractivity contribution is 5.73. The summed E-state index contributed by atoms with van der Waals surface area (Å²) in [6.07, 6.45) is 4.09. The molecule has 0 bridgehead atoms. The number of aldehydes is 1. The molecule has 0 aromatic carbocycles. The molecule has 2 aliphatic heterocycles. The van der Waals surface area contributed by atoms with Crippen LogP contribution in [0.5, 0.6) is 0 Å². The van der Waals surface area contributed by atoms with Crippen molar-refractivity contribution in [1.82, 2.24) is 9.80 Å². The molecule has 2 aliphatic rings. The number of allylic oxidation sites excluding steroid dienone is 1. The van der Waals surface area contributed by atoms with E-state index in [0.717, 1.165) is 24.7 Å². The molecule has 170 valence electrons. The number of methoxy groups -OCH3 is 2. The van der Waals surface area contributed by atoms with Gasteiger partial charge in [-0.25, -0.2) is 4.79 Å². The largest absolute Gasteiger partial charge is 0.422 e. The second-order valence-corrected chi connectivity index (χ2v) is 9.05. The molecule has 0 radical (unpaired) electrons. The molecule has 0 saturated carbocycles. The number of rotatable bonds is 12. The molecule has 0 aliphatic carbocycles. The average Bonchev–Trinajstić information content (AvgIpc) is 2.97. The molecule has 0 aromatic heterocycles. The van der Waals surface area contributed by atoms with Crippen molar-refractivity contribution >= 4 is 12.4 Å². The first-order chi connectivity index (χ1) is 14.1. The molecule has 1 amide bonds. The molecule has 2 rings (SSSR count). The summed E-state index contributed by atoms with van der Waals surface area (Å²) in [5.41, 5.74) is 1.73. The molecule has 0 N–H and O–H groups in total. The minimum atomic E-state index is -0.394. The van der Waals surface area contributed by atoms with Crippen LogP contribution < -0.4 is 0 Å². The summed E-state index contributed by atoms with van der Waals surface area (Å²) in [7, 11) is 5.44. The Bertz CT molecular complexity index is 679. The SMILES string of the molecule is C=C(C(C)C=O)[C@H](C)C[C@@](C)(C[C@@H]1C(CN2C(=O)OC2COC)=CC(C)N1C)OC. The van der Waals surface area contributed by atoms with Gasteiger partial charge in [-0.05, 0) is 45.2 Å². The molecule has 1 saturated heterocycles. The van der Waals surface area contributed by atoms with Crippen molar-refractivity contribution in [2.75, 3.05) is 34.4 Å². The molecule has 0 spiro atoms. The van der Waals surface area contributed by atoms with Gasteiger partial charge in [-0.15, -0.1) is 0 Å². The molecule has 6 atom stereocenters. The number of carbonyl (C=O) groups is 2. The number of likely N-dealkylation sites (N-methyl/N-ethyl adjacent to an activating group) is 1. The van der Waals surface area contributed by atoms with Crippen molar-refractivity contribution < 1.29 is 23.8 Å². The number of amides is 1. The quantitative estimate of drug-likeness (QED) is 0.355. The van der Waals surface area contributed by atoms with Gasteiger partial charge < -0.3 is 19.0 Å². The minimum absolute atomic E-state index is 0.144. The summed E-state index contributed by atoms with van der Waals surface area (Å²) in [5.74, 6) is -0.0101. The first-order valence-electron chi connectivity index (χ1n) is 10.6. The number of ether oxygens (including phenoxy) is 3. The van der Waals surface area contributed by atoms with Crippen LogP contribution in [0.1, 0.15) is 40.5 Å². The van der Waals surface area contributed by atoms with Crippen molar-refractivity contribution in [3.05, 3.63) is 23.8 Å². The number of hydrogen-bond acceptors (Lipinski definition) is 6. The second-order valence-electron chi connectivity index (χ2n) is 9.05. The van der Waals surface area contributed by atoms with Crippen molar-refractivity contribution in [2.45, 2.75) is 64.4 Å². The van der Waals surface area contributed by atoms with Gasteiger partial charge in [0.25, 0.3) is 0 Å². The third-order valence-corrected chi connectivity index (χ3v) is 6.78. The Morgan fingerprint density at radius 2 is 2.07 bits per heavy atom. The van der Waals surface area contributed by atoms with Crippen molar-refractivity contribution in [2.24, 2.45) is 11.8 Å². The standard InChI is InChI=1S/C23H38N2O5/c1-15(18(4)16(2)13-26)10-23(5,29-8)11-20-19(9-17(3)24(20)6)12-25-21(14-28-7)30-22(25)27/h9,13,15-17,20-21H,4,10-12,14H2,1-3,5-8H3/t15-,16?,17?,20-,21?,23+/m1/s1. The highest BCUT2D eigenvalue weighted by Crippen LogP contribution is 2.36. The molecule has 2 heterocycles. The van der Waals surface area contributed by atoms with E-state index in [-0.39, 0.29) is 36.2 Å². The van der Waals surface area contributed by atoms with E-state index in [1.165, 1.54) is 5.57 Å². The Labute approximate surface area is 181 Å². The van der Waals surface area contributed by atoms with Gasteiger partial charge >= 0.3 is 6.09 Å². The first kappa shape index (κ1) is 24.6. The van der Waals surface area contributed by atoms with Gasteiger partial charge in [0, 0.05) is 32.2 Å². The van der Waals surface area contributed by atoms with Gasteiger partial charge in [0.1, 0.15) is 12.9 Å². The van der Waals surface area contributed by atoms with Crippen LogP contribution in [0.4, 0.5) is 4.79 Å². The molecular weight excluding hydrogens is 384 g/mol. The highest BCUT2D eigenvalue weighted by atomic mass is 16.6. The Morgan fingerprint density at radius 3 is 2.60 bits per heavy atom. The van der Waals surface area contributed by atoms with Gasteiger partial charge in [-0.2, -0.15) is 0 Å². The summed E-state index contributed by atoms with van der Waals surface area (Å²) in [5, 5.41) is 0. The smallest absolute Gasteiger partial charge is 0.415 e. The summed E-state index contributed by atoms with van der Waals surface area (Å²) in [6, 6.07) is 0.414. The zero-order chi connectivity index (χ0) is 22.6. The second kappa shape index (κ2) is 10.1. The minimum Gasteiger partial charge on any atom is -0.422 e. The van der Waals surface area contributed by atoms with E-state index in [0.29, 0.717) is 13.2 Å². The van der Waals surface area contributed by atoms with E-state index in [2.05, 4.69) is 45.4 Å². The van der Waals surface area contributed by atoms with Crippen LogP contribution in [0.2, 0.25) is 0 Å². The molecule has 3 unspecified atom stereocenters. The molecule has 1 fully saturated rings. The van der Waals surface area contributed by atoms with Crippen LogP contribution >= 0.6 is 0 Å². The number of nitrogens with zero attached hydrogens (tertiary/aromatic N) is 2. The van der Waals surface area contributed by atoms with Crippen LogP contribution in [0.15, 0.2) is 23.8 Å². The van der Waals surface area contributed by atoms with E-state index in [1.54, 1.807) is 19.1 Å². The zero-order valence-corrected chi connectivity index (χ0v) is 19.5.